The van der Waals surface area contributed by atoms with Crippen molar-refractivity contribution in [2.24, 2.45) is 11.3 Å². The minimum atomic E-state index is -0.644. The number of halogens is 1. The maximum absolute atomic E-state index is 10.8. The van der Waals surface area contributed by atoms with Gasteiger partial charge in [0, 0.05) is 5.41 Å². The quantitative estimate of drug-likeness (QED) is 0.664. The van der Waals surface area contributed by atoms with Crippen molar-refractivity contribution in [3.05, 3.63) is 11.1 Å². The number of carboxylic acid groups (broad SMARTS) is 1. The zero-order chi connectivity index (χ0) is 8.93. The van der Waals surface area contributed by atoms with E-state index < -0.39 is 5.97 Å². The van der Waals surface area contributed by atoms with E-state index in [-0.39, 0.29) is 23.7 Å². The maximum Gasteiger partial charge on any atom is 0.311 e. The van der Waals surface area contributed by atoms with Crippen LogP contribution in [0.5, 0.6) is 0 Å². The lowest BCUT2D eigenvalue weighted by Gasteiger charge is -2.16. The van der Waals surface area contributed by atoms with E-state index in [1.165, 1.54) is 17.6 Å². The van der Waals surface area contributed by atoms with Crippen LogP contribution in [0, 0.1) is 11.3 Å². The average Bonchev–Trinajstić information content (AvgIpc) is 2.30. The van der Waals surface area contributed by atoms with Crippen LogP contribution in [-0.2, 0) is 4.79 Å². The first-order chi connectivity index (χ1) is 5.55. The second-order valence-electron chi connectivity index (χ2n) is 4.36. The van der Waals surface area contributed by atoms with Gasteiger partial charge in [-0.05, 0) is 24.8 Å². The molecule has 2 nitrogen and oxygen atoms in total. The molecule has 2 aliphatic rings. The lowest BCUT2D eigenvalue weighted by atomic mass is 9.90. The van der Waals surface area contributed by atoms with Crippen LogP contribution in [-0.4, -0.2) is 11.1 Å². The molecule has 2 aliphatic carbocycles. The molecule has 0 aromatic heterocycles. The average molecular weight is 203 g/mol. The fraction of sp³-hybridized carbons (Fsp3) is 0.700. The molecular formula is C10H15ClO2. The number of carbonyl (C=O) groups is 1. The number of aliphatic carboxylic acids is 1. The standard InChI is InChI=1S/C10H14O2.ClH/c1-10(2)7(6-4-3-5-6)8(10)9(11)12;/h8H,3-5H2,1-2H3,(H,11,12);1H. The van der Waals surface area contributed by atoms with Gasteiger partial charge in [-0.1, -0.05) is 19.4 Å². The highest BCUT2D eigenvalue weighted by Gasteiger charge is 2.58. The summed E-state index contributed by atoms with van der Waals surface area (Å²) in [6.07, 6.45) is 3.53. The molecule has 0 amide bonds. The molecule has 1 atom stereocenters. The molecule has 2 fully saturated rings. The highest BCUT2D eigenvalue weighted by atomic mass is 35.5. The Morgan fingerprint density at radius 2 is 2.00 bits per heavy atom. The van der Waals surface area contributed by atoms with E-state index in [1.807, 2.05) is 13.8 Å². The largest absolute Gasteiger partial charge is 0.481 e. The number of hydrogen-bond acceptors (Lipinski definition) is 1. The van der Waals surface area contributed by atoms with Gasteiger partial charge in [-0.3, -0.25) is 4.79 Å². The molecule has 0 radical (unpaired) electrons. The first kappa shape index (κ1) is 10.6. The first-order valence-electron chi connectivity index (χ1n) is 4.50. The summed E-state index contributed by atoms with van der Waals surface area (Å²) in [6, 6.07) is 0. The van der Waals surface area contributed by atoms with Gasteiger partial charge in [-0.15, -0.1) is 12.4 Å². The highest BCUT2D eigenvalue weighted by Crippen LogP contribution is 2.61. The van der Waals surface area contributed by atoms with E-state index in [4.69, 9.17) is 5.11 Å². The zero-order valence-electron chi connectivity index (χ0n) is 7.96. The molecule has 2 saturated carbocycles. The Hall–Kier alpha value is -0.500. The molecule has 0 aromatic carbocycles. The van der Waals surface area contributed by atoms with E-state index >= 15 is 0 Å². The third-order valence-electron chi connectivity index (χ3n) is 3.21. The van der Waals surface area contributed by atoms with Gasteiger partial charge < -0.3 is 5.11 Å². The van der Waals surface area contributed by atoms with Crippen molar-refractivity contribution in [2.45, 2.75) is 33.1 Å². The van der Waals surface area contributed by atoms with Gasteiger partial charge in [-0.25, -0.2) is 0 Å². The lowest BCUT2D eigenvalue weighted by molar-refractivity contribution is -0.139. The summed E-state index contributed by atoms with van der Waals surface area (Å²) in [4.78, 5) is 10.8. The molecule has 0 bridgehead atoms. The SMILES string of the molecule is CC1(C)C(=C2CCC2)C1C(=O)O.Cl. The summed E-state index contributed by atoms with van der Waals surface area (Å²) in [6.45, 7) is 4.07. The van der Waals surface area contributed by atoms with Gasteiger partial charge in [0.15, 0.2) is 0 Å². The monoisotopic (exact) mass is 202 g/mol. The highest BCUT2D eigenvalue weighted by molar-refractivity contribution is 5.85. The molecule has 3 heteroatoms. The Labute approximate surface area is 84.4 Å². The predicted molar refractivity (Wildman–Crippen MR) is 53.0 cm³/mol. The third-order valence-corrected chi connectivity index (χ3v) is 3.21. The van der Waals surface area contributed by atoms with Crippen LogP contribution in [0.25, 0.3) is 0 Å². The van der Waals surface area contributed by atoms with Crippen LogP contribution in [0.1, 0.15) is 33.1 Å². The van der Waals surface area contributed by atoms with Crippen molar-refractivity contribution in [1.29, 1.82) is 0 Å². The Kier molecular flexibility index (Phi) is 2.46. The molecule has 13 heavy (non-hydrogen) atoms. The molecule has 1 unspecified atom stereocenters. The van der Waals surface area contributed by atoms with E-state index in [1.54, 1.807) is 0 Å². The number of rotatable bonds is 1. The van der Waals surface area contributed by atoms with E-state index in [2.05, 4.69) is 0 Å². The normalized spacial score (nSPS) is 28.9. The van der Waals surface area contributed by atoms with Gasteiger partial charge in [0.25, 0.3) is 0 Å². The summed E-state index contributed by atoms with van der Waals surface area (Å²) in [7, 11) is 0. The lowest BCUT2D eigenvalue weighted by Crippen LogP contribution is -2.03. The maximum atomic E-state index is 10.8. The Morgan fingerprint density at radius 1 is 1.46 bits per heavy atom. The van der Waals surface area contributed by atoms with Gasteiger partial charge in [0.2, 0.25) is 0 Å². The second kappa shape index (κ2) is 3.02. The summed E-state index contributed by atoms with van der Waals surface area (Å²) in [5.74, 6) is -0.817. The van der Waals surface area contributed by atoms with Gasteiger partial charge in [0.1, 0.15) is 0 Å². The Balaban J connectivity index is 0.000000845. The Bertz CT molecular complexity index is 273. The van der Waals surface area contributed by atoms with E-state index in [0.717, 1.165) is 12.8 Å². The predicted octanol–water partition coefficient (Wildman–Crippen LogP) is 2.63. The van der Waals surface area contributed by atoms with Crippen LogP contribution in [0.2, 0.25) is 0 Å². The van der Waals surface area contributed by atoms with Crippen LogP contribution in [0.3, 0.4) is 0 Å². The molecule has 0 saturated heterocycles. The molecule has 2 rings (SSSR count). The second-order valence-corrected chi connectivity index (χ2v) is 4.36. The van der Waals surface area contributed by atoms with Crippen molar-refractivity contribution in [3.63, 3.8) is 0 Å². The molecular weight excluding hydrogens is 188 g/mol. The first-order valence-corrected chi connectivity index (χ1v) is 4.50. The van der Waals surface area contributed by atoms with E-state index in [0.29, 0.717) is 0 Å². The number of hydrogen-bond donors (Lipinski definition) is 1. The minimum Gasteiger partial charge on any atom is -0.481 e. The van der Waals surface area contributed by atoms with Crippen LogP contribution in [0.15, 0.2) is 11.1 Å². The van der Waals surface area contributed by atoms with Crippen molar-refractivity contribution < 1.29 is 9.90 Å². The molecule has 0 aromatic rings. The molecule has 0 heterocycles. The zero-order valence-corrected chi connectivity index (χ0v) is 8.78. The van der Waals surface area contributed by atoms with Crippen molar-refractivity contribution in [1.82, 2.24) is 0 Å². The van der Waals surface area contributed by atoms with Gasteiger partial charge in [-0.2, -0.15) is 0 Å². The number of carboxylic acids is 1. The molecule has 1 N–H and O–H groups in total. The molecule has 0 aliphatic heterocycles. The topological polar surface area (TPSA) is 37.3 Å². The smallest absolute Gasteiger partial charge is 0.311 e. The van der Waals surface area contributed by atoms with Crippen LogP contribution < -0.4 is 0 Å². The summed E-state index contributed by atoms with van der Waals surface area (Å²) in [5, 5.41) is 8.89. The van der Waals surface area contributed by atoms with Crippen LogP contribution in [0.4, 0.5) is 0 Å². The van der Waals surface area contributed by atoms with Crippen molar-refractivity contribution >= 4 is 18.4 Å². The van der Waals surface area contributed by atoms with E-state index in [9.17, 15) is 4.79 Å². The van der Waals surface area contributed by atoms with Gasteiger partial charge in [0.05, 0.1) is 5.92 Å². The minimum absolute atomic E-state index is 0. The Morgan fingerprint density at radius 3 is 2.23 bits per heavy atom. The van der Waals surface area contributed by atoms with Crippen molar-refractivity contribution in [2.75, 3.05) is 0 Å². The summed E-state index contributed by atoms with van der Waals surface area (Å²) in [5.41, 5.74) is 2.61. The molecule has 0 spiro atoms. The van der Waals surface area contributed by atoms with Gasteiger partial charge >= 0.3 is 5.97 Å². The fourth-order valence-corrected chi connectivity index (χ4v) is 2.26. The van der Waals surface area contributed by atoms with Crippen molar-refractivity contribution in [3.8, 4) is 0 Å². The third kappa shape index (κ3) is 1.37. The number of allylic oxidation sites excluding steroid dienone is 1. The fourth-order valence-electron chi connectivity index (χ4n) is 2.26. The summed E-state index contributed by atoms with van der Waals surface area (Å²) < 4.78 is 0. The van der Waals surface area contributed by atoms with Crippen LogP contribution >= 0.6 is 12.4 Å². The summed E-state index contributed by atoms with van der Waals surface area (Å²) >= 11 is 0. The molecule has 74 valence electrons.